The first-order chi connectivity index (χ1) is 63.4. The first-order valence-corrected chi connectivity index (χ1v) is 52.8. The lowest BCUT2D eigenvalue weighted by molar-refractivity contribution is 0.0505. The number of benzene rings is 10. The normalized spacial score (nSPS) is 11.9. The van der Waals surface area contributed by atoms with Crippen LogP contribution in [0.4, 0.5) is 28.4 Å². The first kappa shape index (κ1) is 115. The van der Waals surface area contributed by atoms with Crippen LogP contribution in [0, 0.1) is 69.2 Å². The van der Waals surface area contributed by atoms with E-state index in [-0.39, 0.29) is 39.4 Å². The summed E-state index contributed by atoms with van der Waals surface area (Å²) < 4.78 is 55.3. The zero-order valence-corrected chi connectivity index (χ0v) is 93.9. The van der Waals surface area contributed by atoms with Crippen molar-refractivity contribution in [3.05, 3.63) is 237 Å². The lowest BCUT2D eigenvalue weighted by Gasteiger charge is -2.35. The minimum absolute atomic E-state index is 0.00914. The molecule has 0 heterocycles. The van der Waals surface area contributed by atoms with E-state index < -0.39 is 0 Å². The Morgan fingerprint density at radius 3 is 0.821 bits per heavy atom. The molecular weight excluding hydrogens is 1750 g/mol. The Bertz CT molecular complexity index is 5150. The summed E-state index contributed by atoms with van der Waals surface area (Å²) in [6, 6.07) is 67.5. The van der Waals surface area contributed by atoms with E-state index in [1.54, 1.807) is 35.5 Å². The van der Waals surface area contributed by atoms with E-state index in [2.05, 4.69) is 417 Å². The zero-order valence-electron chi connectivity index (χ0n) is 88.9. The van der Waals surface area contributed by atoms with Crippen molar-refractivity contribution in [2.24, 2.45) is 0 Å². The highest BCUT2D eigenvalue weighted by Gasteiger charge is 2.29. The lowest BCUT2D eigenvalue weighted by Crippen LogP contribution is -2.39. The number of para-hydroxylation sites is 2. The smallest absolute Gasteiger partial charge is 0.188 e. The quantitative estimate of drug-likeness (QED) is 0.0268. The number of methoxy groups -OCH3 is 5. The van der Waals surface area contributed by atoms with E-state index in [1.807, 2.05) is 12.1 Å². The van der Waals surface area contributed by atoms with Crippen LogP contribution in [0.3, 0.4) is 0 Å². The second-order valence-electron chi connectivity index (χ2n) is 38.5. The highest BCUT2D eigenvalue weighted by Crippen LogP contribution is 2.40. The standard InChI is InChI=1S/C26H40NO2P.C23H34NO2P.2C22H32NO2P.C21H30NO2P/c1-17(2)27(18(3)4)22-13-11-12-20(6)25(22)30-23-15-19(5)14-21(26(7,8)9)24(23)29-16-28-10;1-15(2)24(16(3)4)20-11-9-10-18(6)23(20)27-21-13-17(5)12-19(7)22(21)26-14-25-8;1-15(2)23(16(3)4)19-12-8-11-18(6)22(19)26-20-13-9-10-17(5)21(20)25-14-24-7;1-15(2)23(16(3)4)19-10-8-9-18(6)22(19)26-21-13-17(5)11-12-20(21)25-14-24-7;1-15(2)22(16(3)4)18-11-9-10-17(5)21(18)25-20-13-8-7-12-19(20)24-14-23-6/h11-15,17-18,30H,16H2,1-10H3;9-13,15-16,27H,14H2,1-8H3;2*8-13,15-16,26H,14H2,1-7H3;7-13,15-16,25H,14H2,1-6H3. The van der Waals surface area contributed by atoms with Crippen LogP contribution >= 0.6 is 42.9 Å². The van der Waals surface area contributed by atoms with E-state index in [0.29, 0.717) is 103 Å². The SMILES string of the molecule is COCOc1c(C)cc(C)cc1Pc1c(C)cccc1N(C(C)C)C(C)C.COCOc1c(C)cccc1Pc1c(C)cccc1N(C(C)C)C(C)C.COCOc1c(Pc2c(C)cccc2N(C(C)C)C(C)C)cc(C)cc1C(C)(C)C.COCOc1ccc(C)cc1Pc1c(C)cccc1N(C(C)C)C(C)C.COCOc1ccccc1Pc1c(C)cccc1N(C(C)C)C(C)C. The molecule has 5 atom stereocenters. The molecule has 15 nitrogen and oxygen atoms in total. The van der Waals surface area contributed by atoms with E-state index in [0.717, 1.165) is 39.9 Å². The Kier molecular flexibility index (Phi) is 48.2. The largest absolute Gasteiger partial charge is 0.467 e. The van der Waals surface area contributed by atoms with Gasteiger partial charge in [0, 0.05) is 183 Å². The molecule has 10 rings (SSSR count). The fraction of sp³-hybridized carbons (Fsp3) is 0.474. The van der Waals surface area contributed by atoms with Crippen LogP contribution in [-0.4, -0.2) is 130 Å². The van der Waals surface area contributed by atoms with Gasteiger partial charge in [-0.15, -0.1) is 0 Å². The van der Waals surface area contributed by atoms with Gasteiger partial charge in [0.15, 0.2) is 34.0 Å². The van der Waals surface area contributed by atoms with Gasteiger partial charge in [-0.25, -0.2) is 0 Å². The summed E-state index contributed by atoms with van der Waals surface area (Å²) >= 11 is 0. The Balaban J connectivity index is 0.000000258. The van der Waals surface area contributed by atoms with E-state index >= 15 is 0 Å². The lowest BCUT2D eigenvalue weighted by atomic mass is 9.85. The van der Waals surface area contributed by atoms with E-state index in [4.69, 9.17) is 47.4 Å². The third-order valence-corrected chi connectivity index (χ3v) is 30.6. The van der Waals surface area contributed by atoms with Crippen LogP contribution in [-0.2, 0) is 29.1 Å². The topological polar surface area (TPSA) is 109 Å². The Labute approximate surface area is 820 Å². The molecule has 0 spiro atoms. The zero-order chi connectivity index (χ0) is 99.7. The predicted octanol–water partition coefficient (Wildman–Crippen LogP) is 24.0. The summed E-state index contributed by atoms with van der Waals surface area (Å²) in [5, 5.41) is 13.1. The second-order valence-corrected chi connectivity index (χ2v) is 45.0. The van der Waals surface area contributed by atoms with Crippen LogP contribution in [0.25, 0.3) is 0 Å². The minimum atomic E-state index is -0.00914. The Morgan fingerprint density at radius 2 is 0.485 bits per heavy atom. The molecule has 0 saturated heterocycles. The number of nitrogens with zero attached hydrogens (tertiary/aromatic N) is 5. The number of aryl methyl sites for hydroxylation is 10. The van der Waals surface area contributed by atoms with Crippen LogP contribution in [0.1, 0.15) is 220 Å². The van der Waals surface area contributed by atoms with Gasteiger partial charge in [-0.2, -0.15) is 0 Å². The summed E-state index contributed by atoms with van der Waals surface area (Å²) in [5.74, 6) is 4.68. The Hall–Kier alpha value is -7.85. The maximum Gasteiger partial charge on any atom is 0.188 e. The van der Waals surface area contributed by atoms with Gasteiger partial charge in [-0.1, -0.05) is 184 Å². The number of rotatable bonds is 40. The summed E-state index contributed by atoms with van der Waals surface area (Å²) in [4.78, 5) is 12.5. The molecule has 0 saturated carbocycles. The average molecular weight is 1920 g/mol. The molecule has 20 heteroatoms. The molecule has 0 aliphatic rings. The van der Waals surface area contributed by atoms with Gasteiger partial charge in [0.2, 0.25) is 0 Å². The highest BCUT2D eigenvalue weighted by molar-refractivity contribution is 7.57. The van der Waals surface area contributed by atoms with Crippen molar-refractivity contribution in [1.82, 2.24) is 0 Å². The molecule has 134 heavy (non-hydrogen) atoms. The van der Waals surface area contributed by atoms with Crippen molar-refractivity contribution < 1.29 is 47.4 Å². The summed E-state index contributed by atoms with van der Waals surface area (Å²) in [7, 11) is 11.0. The third kappa shape index (κ3) is 33.2. The van der Waals surface area contributed by atoms with Crippen LogP contribution in [0.15, 0.2) is 176 Å². The number of anilines is 5. The summed E-state index contributed by atoms with van der Waals surface area (Å²) in [6.07, 6.45) is 0. The molecule has 0 amide bonds. The highest BCUT2D eigenvalue weighted by atomic mass is 31.1. The van der Waals surface area contributed by atoms with Crippen molar-refractivity contribution in [2.45, 2.75) is 294 Å². The van der Waals surface area contributed by atoms with Gasteiger partial charge >= 0.3 is 0 Å². The van der Waals surface area contributed by atoms with Crippen molar-refractivity contribution in [1.29, 1.82) is 0 Å². The number of hydrogen-bond acceptors (Lipinski definition) is 15. The van der Waals surface area contributed by atoms with Crippen LogP contribution in [0.5, 0.6) is 28.7 Å². The van der Waals surface area contributed by atoms with Gasteiger partial charge in [0.05, 0.1) is 0 Å². The maximum atomic E-state index is 6.18. The molecule has 0 radical (unpaired) electrons. The number of hydrogen-bond donors (Lipinski definition) is 0. The molecule has 0 bridgehead atoms. The van der Waals surface area contributed by atoms with Crippen molar-refractivity contribution >= 4 is 124 Å². The average Bonchev–Trinajstić information content (AvgIpc) is 0.813. The summed E-state index contributed by atoms with van der Waals surface area (Å²) in [6.45, 7) is 75.0. The van der Waals surface area contributed by atoms with Crippen molar-refractivity contribution in [3.63, 3.8) is 0 Å². The maximum absolute atomic E-state index is 6.18. The molecule has 10 aromatic rings. The fourth-order valence-electron chi connectivity index (χ4n) is 17.5. The Morgan fingerprint density at radius 1 is 0.231 bits per heavy atom. The summed E-state index contributed by atoms with van der Waals surface area (Å²) in [5.41, 5.74) is 20.6. The van der Waals surface area contributed by atoms with E-state index in [9.17, 15) is 0 Å². The molecule has 734 valence electrons. The molecule has 0 aliphatic carbocycles. The van der Waals surface area contributed by atoms with Gasteiger partial charge in [-0.05, 0) is 324 Å². The molecule has 0 aromatic heterocycles. The molecule has 0 aliphatic heterocycles. The molecular formula is C114H168N5O10P5. The fourth-order valence-corrected chi connectivity index (χ4v) is 24.9. The van der Waals surface area contributed by atoms with Gasteiger partial charge in [-0.3, -0.25) is 0 Å². The first-order valence-electron chi connectivity index (χ1n) is 47.8. The molecule has 5 unspecified atom stereocenters. The third-order valence-electron chi connectivity index (χ3n) is 22.8. The van der Waals surface area contributed by atoms with Crippen molar-refractivity contribution in [3.8, 4) is 28.7 Å². The predicted molar refractivity (Wildman–Crippen MR) is 595 cm³/mol. The molecule has 0 fully saturated rings. The second kappa shape index (κ2) is 56.3. The molecule has 0 N–H and O–H groups in total. The number of ether oxygens (including phenoxy) is 10. The van der Waals surface area contributed by atoms with Gasteiger partial charge < -0.3 is 71.9 Å². The van der Waals surface area contributed by atoms with Gasteiger partial charge in [0.1, 0.15) is 28.7 Å². The van der Waals surface area contributed by atoms with Crippen LogP contribution < -0.4 is 101 Å². The van der Waals surface area contributed by atoms with Gasteiger partial charge in [0.25, 0.3) is 0 Å². The monoisotopic (exact) mass is 1920 g/mol. The minimum Gasteiger partial charge on any atom is -0.467 e. The van der Waals surface area contributed by atoms with Crippen LogP contribution in [0.2, 0.25) is 0 Å². The van der Waals surface area contributed by atoms with E-state index in [1.165, 1.54) is 132 Å². The van der Waals surface area contributed by atoms with Crippen molar-refractivity contribution in [2.75, 3.05) is 94.0 Å². The molecule has 10 aromatic carbocycles.